The van der Waals surface area contributed by atoms with E-state index in [0.29, 0.717) is 38.0 Å². The highest BCUT2D eigenvalue weighted by atomic mass is 35.5. The number of aromatic nitrogens is 2. The van der Waals surface area contributed by atoms with Gasteiger partial charge in [-0.05, 0) is 30.3 Å². The van der Waals surface area contributed by atoms with Crippen molar-refractivity contribution >= 4 is 40.1 Å². The van der Waals surface area contributed by atoms with Crippen LogP contribution in [-0.2, 0) is 4.79 Å². The van der Waals surface area contributed by atoms with Crippen LogP contribution in [-0.4, -0.2) is 37.4 Å². The lowest BCUT2D eigenvalue weighted by Crippen LogP contribution is -2.07. The molecule has 0 spiro atoms. The highest BCUT2D eigenvalue weighted by Gasteiger charge is 2.14. The lowest BCUT2D eigenvalue weighted by atomic mass is 10.1. The summed E-state index contributed by atoms with van der Waals surface area (Å²) in [7, 11) is 4.59. The lowest BCUT2D eigenvalue weighted by molar-refractivity contribution is -0.111. The summed E-state index contributed by atoms with van der Waals surface area (Å²) >= 11 is 7.16. The number of hydrogen-bond donors (Lipinski definition) is 1. The second-order valence-electron chi connectivity index (χ2n) is 5.67. The Morgan fingerprint density at radius 2 is 1.72 bits per heavy atom. The van der Waals surface area contributed by atoms with Crippen molar-refractivity contribution in [1.29, 1.82) is 0 Å². The molecule has 0 bridgehead atoms. The molecule has 2 aromatic carbocycles. The van der Waals surface area contributed by atoms with Crippen molar-refractivity contribution in [1.82, 2.24) is 10.2 Å². The standard InChI is InChI=1S/C20H18ClN3O4S/c1-26-15-10-6-12(17(27-2)18(15)28-3)7-11-16(25)22-20-24-23-19(29-20)13-4-8-14(21)9-5-13/h4-11H,1-3H3,(H,22,24,25)/b11-7+. The van der Waals surface area contributed by atoms with E-state index in [9.17, 15) is 4.79 Å². The number of benzene rings is 2. The van der Waals surface area contributed by atoms with E-state index in [-0.39, 0.29) is 5.91 Å². The molecule has 9 heteroatoms. The van der Waals surface area contributed by atoms with Gasteiger partial charge in [0.2, 0.25) is 16.8 Å². The Morgan fingerprint density at radius 1 is 1.00 bits per heavy atom. The van der Waals surface area contributed by atoms with Crippen molar-refractivity contribution in [2.75, 3.05) is 26.6 Å². The van der Waals surface area contributed by atoms with Gasteiger partial charge < -0.3 is 14.2 Å². The monoisotopic (exact) mass is 431 g/mol. The van der Waals surface area contributed by atoms with Gasteiger partial charge in [-0.1, -0.05) is 35.1 Å². The predicted molar refractivity (Wildman–Crippen MR) is 114 cm³/mol. The second kappa shape index (κ2) is 9.40. The fourth-order valence-corrected chi connectivity index (χ4v) is 3.43. The fourth-order valence-electron chi connectivity index (χ4n) is 2.55. The number of anilines is 1. The average Bonchev–Trinajstić information content (AvgIpc) is 3.20. The third-order valence-corrected chi connectivity index (χ3v) is 5.03. The van der Waals surface area contributed by atoms with Crippen LogP contribution >= 0.6 is 22.9 Å². The summed E-state index contributed by atoms with van der Waals surface area (Å²) in [4.78, 5) is 12.3. The number of nitrogens with one attached hydrogen (secondary N) is 1. The minimum Gasteiger partial charge on any atom is -0.493 e. The number of halogens is 1. The number of amides is 1. The number of hydrogen-bond acceptors (Lipinski definition) is 7. The summed E-state index contributed by atoms with van der Waals surface area (Å²) in [6.07, 6.45) is 3.00. The number of methoxy groups -OCH3 is 3. The van der Waals surface area contributed by atoms with Crippen LogP contribution in [0.4, 0.5) is 5.13 Å². The fraction of sp³-hybridized carbons (Fsp3) is 0.150. The predicted octanol–water partition coefficient (Wildman–Crippen LogP) is 4.54. The van der Waals surface area contributed by atoms with Crippen LogP contribution in [0, 0.1) is 0 Å². The summed E-state index contributed by atoms with van der Waals surface area (Å²) in [5, 5.41) is 12.5. The van der Waals surface area contributed by atoms with E-state index in [2.05, 4.69) is 15.5 Å². The van der Waals surface area contributed by atoms with Gasteiger partial charge in [0.15, 0.2) is 11.5 Å². The Kier molecular flexibility index (Phi) is 6.69. The molecule has 1 amide bonds. The highest BCUT2D eigenvalue weighted by Crippen LogP contribution is 2.40. The first kappa shape index (κ1) is 20.6. The van der Waals surface area contributed by atoms with Crippen molar-refractivity contribution in [3.8, 4) is 27.8 Å². The van der Waals surface area contributed by atoms with Gasteiger partial charge in [0.05, 0.1) is 21.3 Å². The maximum absolute atomic E-state index is 12.3. The zero-order chi connectivity index (χ0) is 20.8. The minimum absolute atomic E-state index is 0.347. The molecule has 0 saturated heterocycles. The van der Waals surface area contributed by atoms with E-state index in [1.807, 2.05) is 12.1 Å². The van der Waals surface area contributed by atoms with Crippen molar-refractivity contribution in [2.45, 2.75) is 0 Å². The number of carbonyl (C=O) groups is 1. The molecule has 1 aromatic heterocycles. The molecule has 0 radical (unpaired) electrons. The summed E-state index contributed by atoms with van der Waals surface area (Å²) in [6.45, 7) is 0. The molecule has 0 unspecified atom stereocenters. The van der Waals surface area contributed by atoms with Gasteiger partial charge in [0, 0.05) is 22.2 Å². The Morgan fingerprint density at radius 3 is 2.38 bits per heavy atom. The number of nitrogens with zero attached hydrogens (tertiary/aromatic N) is 2. The zero-order valence-corrected chi connectivity index (χ0v) is 17.5. The molecule has 0 aliphatic heterocycles. The lowest BCUT2D eigenvalue weighted by Gasteiger charge is -2.13. The number of ether oxygens (including phenoxy) is 3. The summed E-state index contributed by atoms with van der Waals surface area (Å²) < 4.78 is 16.0. The molecule has 29 heavy (non-hydrogen) atoms. The maximum atomic E-state index is 12.3. The third-order valence-electron chi connectivity index (χ3n) is 3.90. The zero-order valence-electron chi connectivity index (χ0n) is 15.9. The topological polar surface area (TPSA) is 82.6 Å². The van der Waals surface area contributed by atoms with Gasteiger partial charge in [-0.2, -0.15) is 0 Å². The van der Waals surface area contributed by atoms with Gasteiger partial charge in [-0.25, -0.2) is 0 Å². The van der Waals surface area contributed by atoms with Crippen LogP contribution in [0.15, 0.2) is 42.5 Å². The number of carbonyl (C=O) groups excluding carboxylic acids is 1. The first-order chi connectivity index (χ1) is 14.0. The number of rotatable bonds is 7. The van der Waals surface area contributed by atoms with E-state index >= 15 is 0 Å². The molecule has 150 valence electrons. The molecule has 0 atom stereocenters. The second-order valence-corrected chi connectivity index (χ2v) is 7.08. The normalized spacial score (nSPS) is 10.8. The van der Waals surface area contributed by atoms with E-state index in [0.717, 1.165) is 5.56 Å². The van der Waals surface area contributed by atoms with Crippen LogP contribution in [0.3, 0.4) is 0 Å². The maximum Gasteiger partial charge on any atom is 0.250 e. The van der Waals surface area contributed by atoms with Crippen LogP contribution in [0.5, 0.6) is 17.2 Å². The van der Waals surface area contributed by atoms with Crippen LogP contribution in [0.25, 0.3) is 16.6 Å². The molecular formula is C20H18ClN3O4S. The van der Waals surface area contributed by atoms with Crippen molar-refractivity contribution in [3.05, 3.63) is 53.1 Å². The molecule has 3 aromatic rings. The van der Waals surface area contributed by atoms with Gasteiger partial charge in [-0.15, -0.1) is 10.2 Å². The summed E-state index contributed by atoms with van der Waals surface area (Å²) in [5.41, 5.74) is 1.54. The molecule has 3 rings (SSSR count). The molecule has 1 N–H and O–H groups in total. The average molecular weight is 432 g/mol. The molecule has 0 saturated carbocycles. The van der Waals surface area contributed by atoms with Crippen molar-refractivity contribution < 1.29 is 19.0 Å². The van der Waals surface area contributed by atoms with Gasteiger partial charge in [0.1, 0.15) is 5.01 Å². The van der Waals surface area contributed by atoms with E-state index in [4.69, 9.17) is 25.8 Å². The Balaban J connectivity index is 1.73. The SMILES string of the molecule is COc1ccc(/C=C/C(=O)Nc2nnc(-c3ccc(Cl)cc3)s2)c(OC)c1OC. The Hall–Kier alpha value is -3.10. The van der Waals surface area contributed by atoms with Crippen LogP contribution in [0.2, 0.25) is 5.02 Å². The van der Waals surface area contributed by atoms with Crippen LogP contribution in [0.1, 0.15) is 5.56 Å². The minimum atomic E-state index is -0.347. The molecule has 7 nitrogen and oxygen atoms in total. The molecule has 0 fully saturated rings. The molecule has 1 heterocycles. The first-order valence-corrected chi connectivity index (χ1v) is 9.62. The molecule has 0 aliphatic carbocycles. The first-order valence-electron chi connectivity index (χ1n) is 8.43. The largest absolute Gasteiger partial charge is 0.493 e. The van der Waals surface area contributed by atoms with E-state index in [1.54, 1.807) is 37.5 Å². The Labute approximate surface area is 176 Å². The van der Waals surface area contributed by atoms with Gasteiger partial charge in [-0.3, -0.25) is 10.1 Å². The van der Waals surface area contributed by atoms with E-state index < -0.39 is 0 Å². The Bertz CT molecular complexity index is 1030. The van der Waals surface area contributed by atoms with Crippen molar-refractivity contribution in [2.24, 2.45) is 0 Å². The van der Waals surface area contributed by atoms with Gasteiger partial charge >= 0.3 is 0 Å². The van der Waals surface area contributed by atoms with Crippen LogP contribution < -0.4 is 19.5 Å². The molecule has 0 aliphatic rings. The van der Waals surface area contributed by atoms with Gasteiger partial charge in [0.25, 0.3) is 0 Å². The van der Waals surface area contributed by atoms with Crippen molar-refractivity contribution in [3.63, 3.8) is 0 Å². The van der Waals surface area contributed by atoms with E-state index in [1.165, 1.54) is 31.6 Å². The quantitative estimate of drug-likeness (QED) is 0.553. The summed E-state index contributed by atoms with van der Waals surface area (Å²) in [5.74, 6) is 1.11. The molecular weight excluding hydrogens is 414 g/mol. The summed E-state index contributed by atoms with van der Waals surface area (Å²) in [6, 6.07) is 10.7. The third kappa shape index (κ3) is 4.85. The highest BCUT2D eigenvalue weighted by molar-refractivity contribution is 7.18. The smallest absolute Gasteiger partial charge is 0.250 e.